The molecule has 0 spiro atoms. The molecule has 0 aliphatic carbocycles. The van der Waals surface area contributed by atoms with Crippen LogP contribution in [0.3, 0.4) is 0 Å². The number of hydrogen-bond donors (Lipinski definition) is 4. The van der Waals surface area contributed by atoms with Crippen molar-refractivity contribution in [3.63, 3.8) is 0 Å². The van der Waals surface area contributed by atoms with E-state index >= 15 is 0 Å². The van der Waals surface area contributed by atoms with Crippen LogP contribution in [0.5, 0.6) is 0 Å². The first-order valence-corrected chi connectivity index (χ1v) is 14.3. The zero-order valence-electron chi connectivity index (χ0n) is 25.7. The minimum atomic E-state index is -0.361. The van der Waals surface area contributed by atoms with Crippen LogP contribution in [0, 0.1) is 6.92 Å². The molecule has 9 nitrogen and oxygen atoms in total. The van der Waals surface area contributed by atoms with E-state index in [0.717, 1.165) is 29.9 Å². The molecule has 1 aliphatic rings. The molecule has 9 heteroatoms. The number of carbonyl (C=O) groups is 2. The molecule has 3 aromatic carbocycles. The van der Waals surface area contributed by atoms with Crippen LogP contribution in [0.1, 0.15) is 47.8 Å². The molecule has 0 bridgehead atoms. The van der Waals surface area contributed by atoms with Gasteiger partial charge in [-0.05, 0) is 59.9 Å². The average Bonchev–Trinajstić information content (AvgIpc) is 2.97. The molecular formula is C34H42N6O3. The molecular weight excluding hydrogens is 540 g/mol. The summed E-state index contributed by atoms with van der Waals surface area (Å²) in [6.07, 6.45) is 1.55. The van der Waals surface area contributed by atoms with Crippen molar-refractivity contribution in [3.05, 3.63) is 101 Å². The van der Waals surface area contributed by atoms with Crippen molar-refractivity contribution in [2.45, 2.75) is 33.1 Å². The molecule has 0 aromatic heterocycles. The number of hydrogen-bond acceptors (Lipinski definition) is 7. The number of nitrogens with zero attached hydrogens (tertiary/aromatic N) is 2. The fourth-order valence-electron chi connectivity index (χ4n) is 4.90. The Balaban J connectivity index is 1.41. The van der Waals surface area contributed by atoms with Crippen molar-refractivity contribution >= 4 is 40.3 Å². The number of rotatable bonds is 8. The first-order valence-electron chi connectivity index (χ1n) is 14.3. The number of amides is 2. The van der Waals surface area contributed by atoms with Gasteiger partial charge < -0.3 is 36.6 Å². The van der Waals surface area contributed by atoms with E-state index in [1.807, 2.05) is 61.5 Å². The van der Waals surface area contributed by atoms with Crippen molar-refractivity contribution in [1.29, 1.82) is 0 Å². The Morgan fingerprint density at radius 2 is 1.70 bits per heavy atom. The van der Waals surface area contributed by atoms with Crippen LogP contribution < -0.4 is 27.0 Å². The lowest BCUT2D eigenvalue weighted by Crippen LogP contribution is -2.36. The summed E-state index contributed by atoms with van der Waals surface area (Å²) in [4.78, 5) is 29.6. The lowest BCUT2D eigenvalue weighted by Gasteiger charge is -2.30. The molecule has 43 heavy (non-hydrogen) atoms. The molecule has 1 fully saturated rings. The molecule has 4 rings (SSSR count). The Kier molecular flexibility index (Phi) is 9.46. The van der Waals surface area contributed by atoms with Crippen molar-refractivity contribution in [3.8, 4) is 0 Å². The van der Waals surface area contributed by atoms with Crippen LogP contribution in [0.25, 0.3) is 5.70 Å². The maximum absolute atomic E-state index is 13.1. The quantitative estimate of drug-likeness (QED) is 0.210. The summed E-state index contributed by atoms with van der Waals surface area (Å²) in [6.45, 7) is 15.1. The number of likely N-dealkylation sites (N-methyl/N-ethyl adjacent to an activating group) is 1. The Hall–Kier alpha value is -4.76. The van der Waals surface area contributed by atoms with Crippen molar-refractivity contribution in [2.75, 3.05) is 54.6 Å². The number of carbonyl (C=O) groups excluding carboxylic acids is 2. The van der Waals surface area contributed by atoms with E-state index in [2.05, 4.69) is 42.9 Å². The molecule has 0 unspecified atom stereocenters. The highest BCUT2D eigenvalue weighted by Crippen LogP contribution is 2.29. The number of nitrogens with two attached hydrogens (primary N) is 2. The summed E-state index contributed by atoms with van der Waals surface area (Å²) >= 11 is 0. The van der Waals surface area contributed by atoms with Gasteiger partial charge in [-0.1, -0.05) is 51.6 Å². The summed E-state index contributed by atoms with van der Waals surface area (Å²) in [6, 6.07) is 18.7. The number of morpholine rings is 1. The average molecular weight is 583 g/mol. The summed E-state index contributed by atoms with van der Waals surface area (Å²) in [5.74, 6) is -0.573. The fourth-order valence-corrected chi connectivity index (χ4v) is 4.90. The van der Waals surface area contributed by atoms with Crippen LogP contribution in [-0.2, 0) is 14.9 Å². The van der Waals surface area contributed by atoms with Crippen molar-refractivity contribution in [1.82, 2.24) is 4.90 Å². The second-order valence-corrected chi connectivity index (χ2v) is 11.7. The first kappa shape index (κ1) is 31.2. The Labute approximate surface area is 254 Å². The molecule has 1 saturated heterocycles. The first-order chi connectivity index (χ1) is 20.3. The molecule has 1 heterocycles. The maximum Gasteiger partial charge on any atom is 0.273 e. The smallest absolute Gasteiger partial charge is 0.273 e. The highest BCUT2D eigenvalue weighted by molar-refractivity contribution is 6.05. The summed E-state index contributed by atoms with van der Waals surface area (Å²) in [5.41, 5.74) is 19.3. The van der Waals surface area contributed by atoms with E-state index < -0.39 is 0 Å². The molecule has 3 aromatic rings. The van der Waals surface area contributed by atoms with E-state index in [4.69, 9.17) is 16.2 Å². The highest BCUT2D eigenvalue weighted by Gasteiger charge is 2.18. The molecule has 226 valence electrons. The fraction of sp³-hybridized carbons (Fsp3) is 0.294. The minimum absolute atomic E-state index is 0.00347. The van der Waals surface area contributed by atoms with Crippen LogP contribution in [0.4, 0.5) is 22.7 Å². The van der Waals surface area contributed by atoms with E-state index in [9.17, 15) is 9.59 Å². The lowest BCUT2D eigenvalue weighted by molar-refractivity contribution is -0.123. The van der Waals surface area contributed by atoms with Gasteiger partial charge in [0.15, 0.2) is 0 Å². The number of nitrogens with one attached hydrogen (secondary N) is 2. The van der Waals surface area contributed by atoms with Gasteiger partial charge >= 0.3 is 0 Å². The molecule has 0 radical (unpaired) electrons. The summed E-state index contributed by atoms with van der Waals surface area (Å²) in [7, 11) is 1.61. The predicted molar refractivity (Wildman–Crippen MR) is 176 cm³/mol. The molecule has 2 amide bonds. The standard InChI is InChI=1S/C34H42N6O3/c1-22-27(8-7-9-30(22)38-32(41)24-10-12-25(13-11-24)34(3,4)5)29(36)21-39(6)33(42)23(2)37-26-14-15-31(28(35)20-26)40-16-18-43-19-17-40/h7-15,20-21,37H,2,16-19,35-36H2,1,3-6H3,(H,38,41)/b29-21-. The Bertz CT molecular complexity index is 1530. The largest absolute Gasteiger partial charge is 0.397 e. The number of benzene rings is 3. The molecule has 0 atom stereocenters. The van der Waals surface area contributed by atoms with E-state index in [-0.39, 0.29) is 22.9 Å². The highest BCUT2D eigenvalue weighted by atomic mass is 16.5. The van der Waals surface area contributed by atoms with Crippen molar-refractivity contribution < 1.29 is 14.3 Å². The van der Waals surface area contributed by atoms with E-state index in [0.29, 0.717) is 47.1 Å². The van der Waals surface area contributed by atoms with Crippen LogP contribution in [0.15, 0.2) is 79.1 Å². The van der Waals surface area contributed by atoms with Gasteiger partial charge in [-0.15, -0.1) is 0 Å². The van der Waals surface area contributed by atoms with Gasteiger partial charge in [-0.3, -0.25) is 9.59 Å². The zero-order chi connectivity index (χ0) is 31.3. The summed E-state index contributed by atoms with van der Waals surface area (Å²) in [5, 5.41) is 6.03. The predicted octanol–water partition coefficient (Wildman–Crippen LogP) is 5.30. The topological polar surface area (TPSA) is 126 Å². The van der Waals surface area contributed by atoms with Crippen LogP contribution in [-0.4, -0.2) is 50.1 Å². The monoisotopic (exact) mass is 582 g/mol. The second kappa shape index (κ2) is 13.0. The third kappa shape index (κ3) is 7.55. The molecule has 1 aliphatic heterocycles. The SMILES string of the molecule is C=C(Nc1ccc(N2CCOCC2)c(N)c1)C(=O)N(C)/C=C(\N)c1cccc(NC(=O)c2ccc(C(C)(C)C)cc2)c1C. The number of anilines is 4. The number of nitrogen functional groups attached to an aromatic ring is 1. The van der Waals surface area contributed by atoms with Gasteiger partial charge in [0.1, 0.15) is 0 Å². The van der Waals surface area contributed by atoms with Gasteiger partial charge in [0.2, 0.25) is 0 Å². The molecule has 0 saturated carbocycles. The van der Waals surface area contributed by atoms with Gasteiger partial charge in [-0.25, -0.2) is 0 Å². The zero-order valence-corrected chi connectivity index (χ0v) is 25.7. The van der Waals surface area contributed by atoms with Gasteiger partial charge in [-0.2, -0.15) is 0 Å². The van der Waals surface area contributed by atoms with Gasteiger partial charge in [0, 0.05) is 48.8 Å². The maximum atomic E-state index is 13.1. The van der Waals surface area contributed by atoms with Crippen molar-refractivity contribution in [2.24, 2.45) is 5.73 Å². The third-order valence-corrected chi connectivity index (χ3v) is 7.49. The Morgan fingerprint density at radius 3 is 2.33 bits per heavy atom. The van der Waals surface area contributed by atoms with E-state index in [1.54, 1.807) is 19.3 Å². The van der Waals surface area contributed by atoms with Gasteiger partial charge in [0.25, 0.3) is 11.8 Å². The lowest BCUT2D eigenvalue weighted by atomic mass is 9.86. The number of ether oxygens (including phenoxy) is 1. The van der Waals surface area contributed by atoms with Gasteiger partial charge in [0.05, 0.1) is 36.0 Å². The third-order valence-electron chi connectivity index (χ3n) is 7.49. The molecule has 6 N–H and O–H groups in total. The summed E-state index contributed by atoms with van der Waals surface area (Å²) < 4.78 is 5.42. The minimum Gasteiger partial charge on any atom is -0.397 e. The Morgan fingerprint density at radius 1 is 1.02 bits per heavy atom. The normalized spacial score (nSPS) is 13.8. The van der Waals surface area contributed by atoms with Crippen LogP contribution in [0.2, 0.25) is 0 Å². The second-order valence-electron chi connectivity index (χ2n) is 11.7. The van der Waals surface area contributed by atoms with E-state index in [1.165, 1.54) is 4.90 Å². The van der Waals surface area contributed by atoms with Crippen LogP contribution >= 0.6 is 0 Å².